The number of benzene rings is 3. The molecule has 10 unspecified atom stereocenters. The van der Waals surface area contributed by atoms with Crippen molar-refractivity contribution in [2.45, 2.75) is 106 Å². The number of urea groups is 2. The summed E-state index contributed by atoms with van der Waals surface area (Å²) in [6.45, 7) is 13.7. The van der Waals surface area contributed by atoms with E-state index in [-0.39, 0.29) is 58.1 Å². The van der Waals surface area contributed by atoms with E-state index in [1.807, 2.05) is 122 Å². The van der Waals surface area contributed by atoms with Gasteiger partial charge in [-0.05, 0) is 76.5 Å². The molecular weight excluding hydrogens is 1400 g/mol. The second-order valence-corrected chi connectivity index (χ2v) is 25.3. The van der Waals surface area contributed by atoms with Crippen molar-refractivity contribution in [1.29, 1.82) is 0 Å². The number of hydrogen-bond donors (Lipinski definition) is 4. The first-order valence-electron chi connectivity index (χ1n) is 28.2. The summed E-state index contributed by atoms with van der Waals surface area (Å²) < 4.78 is 5.17. The van der Waals surface area contributed by atoms with Crippen molar-refractivity contribution in [2.24, 2.45) is 49.8 Å². The highest BCUT2D eigenvalue weighted by atomic mass is 79.9. The molecule has 0 aliphatic carbocycles. The number of nitrogens with zero attached hydrogens (tertiary/aromatic N) is 17. The number of imidazole rings is 2. The first kappa shape index (κ1) is 68.9. The summed E-state index contributed by atoms with van der Waals surface area (Å²) in [6, 6.07) is 27.2. The lowest BCUT2D eigenvalue weighted by Crippen LogP contribution is -2.63. The number of halogens is 4. The number of carbonyl (C=O) groups is 5. The highest BCUT2D eigenvalue weighted by Gasteiger charge is 2.49. The van der Waals surface area contributed by atoms with Crippen molar-refractivity contribution in [1.82, 2.24) is 69.4 Å². The predicted octanol–water partition coefficient (Wildman–Crippen LogP) is 6.47. The Bertz CT molecular complexity index is 3590. The van der Waals surface area contributed by atoms with Crippen molar-refractivity contribution in [3.05, 3.63) is 96.6 Å². The SMILES string of the molecule is CC1=NC(Br)C(Br)N1C.CC1=NC2C(=O)N(C)C(=O)N(C)C2N1C.CC1=NC2C(=O)NC(=O)NC2N1C.CC1=NC2C(=O)NC(N)=NC2N1C.CC1C(Br)N=C(Br)N1C.Cc1nc(-c2ccccc2)c(-c2ccccc2)n1C.Cc1nc2ccccc2n1C. The highest BCUT2D eigenvalue weighted by Crippen LogP contribution is 2.32. The Morgan fingerprint density at radius 2 is 1.04 bits per heavy atom. The molecule has 3 aromatic carbocycles. The van der Waals surface area contributed by atoms with Gasteiger partial charge in [0, 0.05) is 74.6 Å². The van der Waals surface area contributed by atoms with Crippen LogP contribution in [0.5, 0.6) is 0 Å². The number of aryl methyl sites for hydroxylation is 3. The number of amidine groups is 5. The topological polar surface area (TPSA) is 280 Å². The van der Waals surface area contributed by atoms with Crippen LogP contribution in [0.4, 0.5) is 9.59 Å². The molecule has 26 nitrogen and oxygen atoms in total. The lowest BCUT2D eigenvalue weighted by atomic mass is 10.1. The molecule has 10 heterocycles. The fourth-order valence-corrected chi connectivity index (χ4v) is 12.4. The number of rotatable bonds is 2. The van der Waals surface area contributed by atoms with Gasteiger partial charge in [-0.15, -0.1) is 0 Å². The van der Waals surface area contributed by atoms with Crippen molar-refractivity contribution in [3.63, 3.8) is 0 Å². The third-order valence-corrected chi connectivity index (χ3v) is 20.4. The van der Waals surface area contributed by atoms with Gasteiger partial charge in [-0.25, -0.2) is 29.5 Å². The molecule has 8 aliphatic heterocycles. The summed E-state index contributed by atoms with van der Waals surface area (Å²) >= 11 is 13.6. The standard InChI is InChI=1S/C17H16N2.C9H14N4O2.C9H10N2.C7H11N5O.C7H10N4O2.2C5H8Br2N2/c1-13-18-16(14-9-5-3-6-10-14)17(19(13)2)15-11-7-4-8-12-15;1-5-10-6-7(11(5)2)12(3)9(15)13(4)8(6)14;1-7-10-8-5-3-4-6-9(8)11(7)2;1-3-9-4-5(12(3)2)10-7(8)11-6(4)13;1-3-8-4-5(11(3)2)9-7(13)10-6(4)12;1-3-8-4(6)5(7)9(3)2;1-3-4(6)8-5(7)9(3)2/h3-12H,1-2H3;6-7H,1-4H3;3-6H,1-2H3;4-5H,1-2H3,(H3,8,10,11,13);4-5H,1-2H3,(H2,9,10,12,13);4-5H,1-2H3;3-4H,1-2H3. The molecule has 0 bridgehead atoms. The molecule has 476 valence electrons. The van der Waals surface area contributed by atoms with Crippen molar-refractivity contribution in [3.8, 4) is 22.5 Å². The molecule has 0 spiro atoms. The number of guanidine groups is 1. The van der Waals surface area contributed by atoms with Crippen LogP contribution in [0.15, 0.2) is 115 Å². The first-order chi connectivity index (χ1) is 41.9. The van der Waals surface area contributed by atoms with Gasteiger partial charge in [0.15, 0.2) is 35.0 Å². The van der Waals surface area contributed by atoms with E-state index < -0.39 is 24.2 Å². The van der Waals surface area contributed by atoms with Crippen molar-refractivity contribution < 1.29 is 24.0 Å². The average Bonchev–Trinajstić information content (AvgIpc) is 2.45. The summed E-state index contributed by atoms with van der Waals surface area (Å²) in [5.74, 6) is 4.93. The number of nitrogens with one attached hydrogen (secondary N) is 3. The van der Waals surface area contributed by atoms with E-state index in [1.54, 1.807) is 30.8 Å². The van der Waals surface area contributed by atoms with E-state index >= 15 is 0 Å². The average molecular weight is 1480 g/mol. The zero-order valence-corrected chi connectivity index (χ0v) is 58.9. The van der Waals surface area contributed by atoms with Crippen LogP contribution >= 0.6 is 63.7 Å². The lowest BCUT2D eigenvalue weighted by molar-refractivity contribution is -0.134. The molecule has 30 heteroatoms. The molecule has 5 aromatic rings. The summed E-state index contributed by atoms with van der Waals surface area (Å²) in [5.41, 5.74) is 12.3. The summed E-state index contributed by atoms with van der Waals surface area (Å²) in [4.78, 5) is 104. The van der Waals surface area contributed by atoms with E-state index in [9.17, 15) is 24.0 Å². The van der Waals surface area contributed by atoms with Crippen LogP contribution in [-0.2, 0) is 28.5 Å². The zero-order chi connectivity index (χ0) is 65.6. The minimum Gasteiger partial charge on any atom is -0.370 e. The Morgan fingerprint density at radius 3 is 1.58 bits per heavy atom. The van der Waals surface area contributed by atoms with Crippen LogP contribution < -0.4 is 21.7 Å². The molecule has 10 atom stereocenters. The van der Waals surface area contributed by atoms with E-state index in [1.165, 1.54) is 23.8 Å². The minimum absolute atomic E-state index is 0.169. The van der Waals surface area contributed by atoms with Crippen LogP contribution in [0.1, 0.15) is 46.3 Å². The Balaban J connectivity index is 0.000000150. The third kappa shape index (κ3) is 15.4. The van der Waals surface area contributed by atoms with Gasteiger partial charge >= 0.3 is 12.1 Å². The second-order valence-electron chi connectivity index (χ2n) is 21.7. The Labute approximate surface area is 552 Å². The number of nitrogens with two attached hydrogens (primary N) is 1. The first-order valence-corrected chi connectivity index (χ1v) is 31.8. The third-order valence-electron chi connectivity index (χ3n) is 16.1. The smallest absolute Gasteiger partial charge is 0.327 e. The van der Waals surface area contributed by atoms with Gasteiger partial charge in [0.25, 0.3) is 17.7 Å². The fourth-order valence-electron chi connectivity index (χ4n) is 10.0. The van der Waals surface area contributed by atoms with Gasteiger partial charge in [0.2, 0.25) is 0 Å². The van der Waals surface area contributed by atoms with Gasteiger partial charge in [0.1, 0.15) is 38.8 Å². The van der Waals surface area contributed by atoms with Crippen LogP contribution in [-0.4, -0.2) is 224 Å². The molecule has 89 heavy (non-hydrogen) atoms. The number of amides is 7. The Hall–Kier alpha value is -7.57. The van der Waals surface area contributed by atoms with E-state index in [0.717, 1.165) is 61.4 Å². The van der Waals surface area contributed by atoms with Crippen molar-refractivity contribution in [2.75, 3.05) is 49.3 Å². The quantitative estimate of drug-likeness (QED) is 0.109. The number of fused-ring (bicyclic) bond motifs is 4. The monoisotopic (exact) mass is 1480 g/mol. The van der Waals surface area contributed by atoms with Gasteiger partial charge in [-0.1, -0.05) is 121 Å². The predicted molar refractivity (Wildman–Crippen MR) is 365 cm³/mol. The fraction of sp³-hybridized carbons (Fsp3) is 0.441. The number of aliphatic imine (C=N–C) groups is 6. The number of aromatic nitrogens is 4. The summed E-state index contributed by atoms with van der Waals surface area (Å²) in [6.07, 6.45) is -0.837. The van der Waals surface area contributed by atoms with Gasteiger partial charge in [0.05, 0.1) is 51.8 Å². The number of hydrogen-bond acceptors (Lipinski definition) is 19. The zero-order valence-electron chi connectivity index (χ0n) is 52.6. The molecule has 2 saturated heterocycles. The molecule has 2 fully saturated rings. The molecular formula is C59H77Br4N21O5. The minimum atomic E-state index is -0.498. The molecule has 0 saturated carbocycles. The molecule has 13 rings (SSSR count). The van der Waals surface area contributed by atoms with Gasteiger partial charge < -0.3 is 49.6 Å². The van der Waals surface area contributed by atoms with Crippen LogP contribution in [0.2, 0.25) is 0 Å². The Morgan fingerprint density at radius 1 is 0.517 bits per heavy atom. The molecule has 5 N–H and O–H groups in total. The lowest BCUT2D eigenvalue weighted by Gasteiger charge is -2.40. The molecule has 7 amide bonds. The van der Waals surface area contributed by atoms with Gasteiger partial charge in [-0.3, -0.25) is 49.9 Å². The maximum atomic E-state index is 11.8. The van der Waals surface area contributed by atoms with Gasteiger partial charge in [-0.2, -0.15) is 0 Å². The highest BCUT2D eigenvalue weighted by molar-refractivity contribution is 9.18. The number of carbonyl (C=O) groups excluding carboxylic acids is 5. The number of para-hydroxylation sites is 2. The number of imide groups is 2. The maximum absolute atomic E-state index is 11.8. The van der Waals surface area contributed by atoms with Crippen LogP contribution in [0.3, 0.4) is 0 Å². The van der Waals surface area contributed by atoms with E-state index in [2.05, 4.69) is 190 Å². The largest absolute Gasteiger partial charge is 0.370 e. The number of alkyl halides is 3. The summed E-state index contributed by atoms with van der Waals surface area (Å²) in [7, 11) is 16.8. The number of likely N-dealkylation sites (N-methyl/N-ethyl adjacent to an activating group) is 7. The maximum Gasteiger partial charge on any atom is 0.327 e. The molecule has 0 radical (unpaired) electrons. The molecule has 8 aliphatic rings. The normalized spacial score (nSPS) is 25.3. The molecule has 2 aromatic heterocycles. The van der Waals surface area contributed by atoms with Crippen LogP contribution in [0.25, 0.3) is 33.5 Å². The Kier molecular flexibility index (Phi) is 22.7. The second kappa shape index (κ2) is 29.4. The van der Waals surface area contributed by atoms with Crippen LogP contribution in [0, 0.1) is 13.8 Å². The van der Waals surface area contributed by atoms with E-state index in [0.29, 0.717) is 11.0 Å². The van der Waals surface area contributed by atoms with Crippen molar-refractivity contribution >= 4 is 139 Å². The van der Waals surface area contributed by atoms with E-state index in [4.69, 9.17) is 10.7 Å². The summed E-state index contributed by atoms with van der Waals surface area (Å²) in [5, 5.41) is 7.25.